The van der Waals surface area contributed by atoms with E-state index < -0.39 is 21.5 Å². The van der Waals surface area contributed by atoms with Crippen LogP contribution in [0.3, 0.4) is 0 Å². The lowest BCUT2D eigenvalue weighted by Gasteiger charge is -2.38. The van der Waals surface area contributed by atoms with Crippen LogP contribution in [0.25, 0.3) is 0 Å². The maximum atomic E-state index is 13.6. The minimum absolute atomic E-state index is 0.0164. The number of halogens is 4. The number of nitrogens with zero attached hydrogens (tertiary/aromatic N) is 2. The summed E-state index contributed by atoms with van der Waals surface area (Å²) in [6, 6.07) is 9.99. The first kappa shape index (κ1) is 32.4. The van der Waals surface area contributed by atoms with Crippen LogP contribution in [-0.4, -0.2) is 73.7 Å². The maximum absolute atomic E-state index is 13.6. The SMILES string of the molecule is CCN(C1CCN(CCC(C)(C(=O)NCC(O)c2ccc(Cl)c(Cl)c2)c2ccc(Cl)c(Cl)c2)CC1)S(C)(=O)=O. The molecule has 39 heavy (non-hydrogen) atoms. The molecule has 2 aromatic carbocycles. The topological polar surface area (TPSA) is 89.9 Å². The van der Waals surface area contributed by atoms with E-state index in [9.17, 15) is 18.3 Å². The Hall–Kier alpha value is -1.10. The standard InChI is InChI=1S/C27H35Cl4N3O4S/c1-4-34(39(3,37)38)20-9-12-33(13-10-20)14-11-27(2,19-6-8-22(29)24(31)16-19)26(36)32-17-25(35)18-5-7-21(28)23(30)15-18/h5-8,15-16,20,25,35H,4,9-14,17H2,1-3H3,(H,32,36). The molecule has 2 aromatic rings. The summed E-state index contributed by atoms with van der Waals surface area (Å²) >= 11 is 24.5. The number of hydrogen-bond acceptors (Lipinski definition) is 5. The van der Waals surface area contributed by atoms with Crippen LogP contribution in [-0.2, 0) is 20.2 Å². The van der Waals surface area contributed by atoms with Crippen LogP contribution < -0.4 is 5.32 Å². The summed E-state index contributed by atoms with van der Waals surface area (Å²) in [5, 5.41) is 15.0. The molecule has 0 spiro atoms. The van der Waals surface area contributed by atoms with Gasteiger partial charge in [0.05, 0.1) is 37.9 Å². The Bertz CT molecular complexity index is 1270. The normalized spacial score (nSPS) is 17.7. The molecule has 1 amide bonds. The van der Waals surface area contributed by atoms with Crippen LogP contribution in [0.1, 0.15) is 50.3 Å². The van der Waals surface area contributed by atoms with Gasteiger partial charge in [-0.05, 0) is 81.2 Å². The predicted molar refractivity (Wildman–Crippen MR) is 160 cm³/mol. The summed E-state index contributed by atoms with van der Waals surface area (Å²) in [6.45, 7) is 6.22. The summed E-state index contributed by atoms with van der Waals surface area (Å²) in [5.41, 5.74) is 0.284. The molecule has 2 unspecified atom stereocenters. The number of aliphatic hydroxyl groups is 1. The van der Waals surface area contributed by atoms with Crippen LogP contribution in [0.4, 0.5) is 0 Å². The first-order valence-electron chi connectivity index (χ1n) is 12.8. The largest absolute Gasteiger partial charge is 0.387 e. The van der Waals surface area contributed by atoms with E-state index in [1.54, 1.807) is 40.7 Å². The van der Waals surface area contributed by atoms with Crippen LogP contribution in [0.2, 0.25) is 20.1 Å². The number of carbonyl (C=O) groups is 1. The molecule has 0 bridgehead atoms. The Morgan fingerprint density at radius 2 is 1.67 bits per heavy atom. The van der Waals surface area contributed by atoms with Gasteiger partial charge in [-0.3, -0.25) is 4.79 Å². The van der Waals surface area contributed by atoms with E-state index in [-0.39, 0.29) is 18.5 Å². The Kier molecular flexibility index (Phi) is 11.4. The Morgan fingerprint density at radius 3 is 2.21 bits per heavy atom. The highest BCUT2D eigenvalue weighted by atomic mass is 35.5. The quantitative estimate of drug-likeness (QED) is 0.337. The average Bonchev–Trinajstić information content (AvgIpc) is 2.89. The van der Waals surface area contributed by atoms with Crippen molar-refractivity contribution in [2.45, 2.75) is 50.7 Å². The number of hydrogen-bond donors (Lipinski definition) is 2. The summed E-state index contributed by atoms with van der Waals surface area (Å²) < 4.78 is 25.8. The van der Waals surface area contributed by atoms with Gasteiger partial charge in [-0.2, -0.15) is 4.31 Å². The second kappa shape index (κ2) is 13.7. The lowest BCUT2D eigenvalue weighted by Crippen LogP contribution is -2.49. The molecule has 1 saturated heterocycles. The van der Waals surface area contributed by atoms with Gasteiger partial charge < -0.3 is 15.3 Å². The first-order chi connectivity index (χ1) is 18.3. The van der Waals surface area contributed by atoms with Gasteiger partial charge in [0.1, 0.15) is 0 Å². The number of amides is 1. The van der Waals surface area contributed by atoms with Gasteiger partial charge in [-0.15, -0.1) is 0 Å². The van der Waals surface area contributed by atoms with Crippen molar-refractivity contribution in [3.05, 3.63) is 67.6 Å². The molecule has 1 aliphatic rings. The number of sulfonamides is 1. The second-order valence-electron chi connectivity index (χ2n) is 10.1. The van der Waals surface area contributed by atoms with E-state index in [2.05, 4.69) is 10.2 Å². The summed E-state index contributed by atoms with van der Waals surface area (Å²) in [5.74, 6) is -0.260. The molecule has 1 heterocycles. The Labute approximate surface area is 251 Å². The van der Waals surface area contributed by atoms with Crippen molar-refractivity contribution in [3.63, 3.8) is 0 Å². The van der Waals surface area contributed by atoms with Crippen molar-refractivity contribution in [2.24, 2.45) is 0 Å². The summed E-state index contributed by atoms with van der Waals surface area (Å²) in [6.07, 6.45) is 2.22. The number of piperidine rings is 1. The van der Waals surface area contributed by atoms with E-state index in [4.69, 9.17) is 46.4 Å². The Morgan fingerprint density at radius 1 is 1.08 bits per heavy atom. The molecule has 0 radical (unpaired) electrons. The zero-order valence-corrected chi connectivity index (χ0v) is 26.1. The molecule has 2 atom stereocenters. The summed E-state index contributed by atoms with van der Waals surface area (Å²) in [7, 11) is -3.26. The van der Waals surface area contributed by atoms with E-state index in [1.807, 2.05) is 13.8 Å². The number of rotatable bonds is 11. The highest BCUT2D eigenvalue weighted by molar-refractivity contribution is 7.88. The van der Waals surface area contributed by atoms with E-state index in [0.717, 1.165) is 25.9 Å². The number of nitrogens with one attached hydrogen (secondary N) is 1. The minimum Gasteiger partial charge on any atom is -0.387 e. The number of benzene rings is 2. The molecular weight excluding hydrogens is 604 g/mol. The highest BCUT2D eigenvalue weighted by Crippen LogP contribution is 2.34. The van der Waals surface area contributed by atoms with Crippen molar-refractivity contribution < 1.29 is 18.3 Å². The van der Waals surface area contributed by atoms with Gasteiger partial charge in [0, 0.05) is 19.1 Å². The van der Waals surface area contributed by atoms with Gasteiger partial charge in [-0.1, -0.05) is 65.5 Å². The third-order valence-corrected chi connectivity index (χ3v) is 10.4. The third kappa shape index (κ3) is 8.23. The number of aliphatic hydroxyl groups excluding tert-OH is 1. The molecular formula is C27H35Cl4N3O4S. The molecule has 1 aliphatic heterocycles. The fourth-order valence-electron chi connectivity index (χ4n) is 5.03. The number of carbonyl (C=O) groups excluding carboxylic acids is 1. The van der Waals surface area contributed by atoms with Crippen LogP contribution in [0.5, 0.6) is 0 Å². The van der Waals surface area contributed by atoms with Crippen molar-refractivity contribution in [2.75, 3.05) is 39.0 Å². The van der Waals surface area contributed by atoms with Gasteiger partial charge in [0.25, 0.3) is 0 Å². The van der Waals surface area contributed by atoms with Gasteiger partial charge in [0.2, 0.25) is 15.9 Å². The first-order valence-corrected chi connectivity index (χ1v) is 16.2. The van der Waals surface area contributed by atoms with Gasteiger partial charge >= 0.3 is 0 Å². The van der Waals surface area contributed by atoms with E-state index >= 15 is 0 Å². The van der Waals surface area contributed by atoms with Crippen molar-refractivity contribution >= 4 is 62.3 Å². The van der Waals surface area contributed by atoms with Gasteiger partial charge in [-0.25, -0.2) is 8.42 Å². The third-order valence-electron chi connectivity index (χ3n) is 7.47. The zero-order chi connectivity index (χ0) is 29.0. The van der Waals surface area contributed by atoms with E-state index in [1.165, 1.54) is 6.26 Å². The highest BCUT2D eigenvalue weighted by Gasteiger charge is 2.37. The monoisotopic (exact) mass is 637 g/mol. The zero-order valence-electron chi connectivity index (χ0n) is 22.3. The molecule has 216 valence electrons. The predicted octanol–water partition coefficient (Wildman–Crippen LogP) is 5.54. The smallest absolute Gasteiger partial charge is 0.230 e. The fourth-order valence-corrected chi connectivity index (χ4v) is 6.85. The maximum Gasteiger partial charge on any atom is 0.230 e. The minimum atomic E-state index is -3.26. The van der Waals surface area contributed by atoms with Crippen LogP contribution in [0.15, 0.2) is 36.4 Å². The van der Waals surface area contributed by atoms with Crippen molar-refractivity contribution in [1.82, 2.24) is 14.5 Å². The lowest BCUT2D eigenvalue weighted by atomic mass is 9.78. The van der Waals surface area contributed by atoms with Crippen LogP contribution >= 0.6 is 46.4 Å². The van der Waals surface area contributed by atoms with Crippen molar-refractivity contribution in [3.8, 4) is 0 Å². The molecule has 0 saturated carbocycles. The molecule has 2 N–H and O–H groups in total. The molecule has 0 aromatic heterocycles. The van der Waals surface area contributed by atoms with Gasteiger partial charge in [0.15, 0.2) is 0 Å². The summed E-state index contributed by atoms with van der Waals surface area (Å²) in [4.78, 5) is 15.9. The molecule has 0 aliphatic carbocycles. The fraction of sp³-hybridized carbons (Fsp3) is 0.519. The molecule has 7 nitrogen and oxygen atoms in total. The second-order valence-corrected chi connectivity index (χ2v) is 13.7. The molecule has 1 fully saturated rings. The molecule has 3 rings (SSSR count). The average molecular weight is 639 g/mol. The molecule has 12 heteroatoms. The van der Waals surface area contributed by atoms with Crippen LogP contribution in [0, 0.1) is 0 Å². The Balaban J connectivity index is 1.71. The number of likely N-dealkylation sites (tertiary alicyclic amines) is 1. The van der Waals surface area contributed by atoms with Crippen molar-refractivity contribution in [1.29, 1.82) is 0 Å². The van der Waals surface area contributed by atoms with E-state index in [0.29, 0.717) is 50.7 Å². The lowest BCUT2D eigenvalue weighted by molar-refractivity contribution is -0.127.